The zero-order valence-corrected chi connectivity index (χ0v) is 3.38. The van der Waals surface area contributed by atoms with Crippen molar-refractivity contribution >= 4 is 0 Å². The van der Waals surface area contributed by atoms with Gasteiger partial charge >= 0.3 is 0 Å². The van der Waals surface area contributed by atoms with Gasteiger partial charge in [-0.25, -0.2) is 0 Å². The minimum Gasteiger partial charge on any atom is -0.511 e. The molecule has 0 aliphatic heterocycles. The third-order valence-electron chi connectivity index (χ3n) is 0.240. The van der Waals surface area contributed by atoms with Crippen molar-refractivity contribution in [1.29, 1.82) is 0 Å². The zero-order valence-electron chi connectivity index (χ0n) is 3.38. The highest BCUT2D eigenvalue weighted by molar-refractivity contribution is 4.82. The Morgan fingerprint density at radius 1 is 2.00 bits per heavy atom. The van der Waals surface area contributed by atoms with Crippen LogP contribution in [0.25, 0.3) is 0 Å². The molecule has 0 unspecified atom stereocenters. The summed E-state index contributed by atoms with van der Waals surface area (Å²) in [5.74, 6) is -0.0648. The Balaban J connectivity index is 3.41. The van der Waals surface area contributed by atoms with E-state index in [0.29, 0.717) is 0 Å². The molecule has 0 rings (SSSR count). The quantitative estimate of drug-likeness (QED) is 0.385. The highest BCUT2D eigenvalue weighted by Crippen LogP contribution is 1.80. The maximum Gasteiger partial charge on any atom is 0.111 e. The van der Waals surface area contributed by atoms with Crippen LogP contribution in [0.3, 0.4) is 0 Å². The minimum atomic E-state index is -0.0648. The molecule has 6 heavy (non-hydrogen) atoms. The smallest absolute Gasteiger partial charge is 0.111 e. The maximum atomic E-state index is 9.13. The Bertz CT molecular complexity index is 72.9. The molecule has 0 atom stereocenters. The molecule has 3 nitrogen and oxygen atoms in total. The van der Waals surface area contributed by atoms with Crippen LogP contribution in [-0.4, -0.2) is 5.11 Å². The highest BCUT2D eigenvalue weighted by atomic mass is 16.3. The molecule has 0 heterocycles. The number of nitroso groups, excluding NO2 is 1. The van der Waals surface area contributed by atoms with Gasteiger partial charge in [0.05, 0.1) is 0 Å². The summed E-state index contributed by atoms with van der Waals surface area (Å²) in [5.41, 5.74) is 0. The Kier molecular flexibility index (Phi) is 2.04. The fourth-order valence-electron chi connectivity index (χ4n) is 0.0763. The number of allylic oxidation sites excluding steroid dienone is 1. The number of rotatable bonds is 1. The summed E-state index contributed by atoms with van der Waals surface area (Å²) in [7, 11) is 0. The molecule has 0 aromatic carbocycles. The van der Waals surface area contributed by atoms with Crippen LogP contribution >= 0.6 is 0 Å². The van der Waals surface area contributed by atoms with Gasteiger partial charge in [0.2, 0.25) is 0 Å². The topological polar surface area (TPSA) is 49.7 Å². The average Bonchev–Trinajstić information content (AvgIpc) is 1.35. The van der Waals surface area contributed by atoms with Crippen molar-refractivity contribution in [3.05, 3.63) is 16.9 Å². The summed E-state index contributed by atoms with van der Waals surface area (Å²) < 4.78 is 0. The molecule has 0 bridgehead atoms. The lowest BCUT2D eigenvalue weighted by atomic mass is 10.6. The predicted octanol–water partition coefficient (Wildman–Crippen LogP) is 1.17. The van der Waals surface area contributed by atoms with Gasteiger partial charge in [0.25, 0.3) is 0 Å². The molecule has 0 saturated heterocycles. The van der Waals surface area contributed by atoms with Crippen LogP contribution in [0.4, 0.5) is 0 Å². The molecular weight excluding hydrogens is 82.0 g/mol. The van der Waals surface area contributed by atoms with Gasteiger partial charge in [-0.2, -0.15) is 0 Å². The number of aliphatic hydroxyl groups excluding tert-OH is 1. The van der Waals surface area contributed by atoms with Gasteiger partial charge in [-0.15, -0.1) is 4.91 Å². The van der Waals surface area contributed by atoms with E-state index in [1.807, 2.05) is 0 Å². The van der Waals surface area contributed by atoms with E-state index in [1.165, 1.54) is 6.92 Å². The minimum absolute atomic E-state index is 0.0648. The van der Waals surface area contributed by atoms with E-state index in [-0.39, 0.29) is 5.76 Å². The number of aliphatic hydroxyl groups is 1. The SMILES string of the molecule is C/C(O)=C/N=O. The molecule has 0 spiro atoms. The Morgan fingerprint density at radius 3 is 2.50 bits per heavy atom. The summed E-state index contributed by atoms with van der Waals surface area (Å²) in [6.45, 7) is 1.38. The van der Waals surface area contributed by atoms with Gasteiger partial charge in [-0.05, 0) is 12.1 Å². The van der Waals surface area contributed by atoms with E-state index in [1.54, 1.807) is 0 Å². The second-order valence-electron chi connectivity index (χ2n) is 0.876. The van der Waals surface area contributed by atoms with Crippen molar-refractivity contribution in [2.24, 2.45) is 5.18 Å². The number of hydrogen-bond donors (Lipinski definition) is 1. The van der Waals surface area contributed by atoms with Gasteiger partial charge in [0.1, 0.15) is 12.0 Å². The van der Waals surface area contributed by atoms with Crippen molar-refractivity contribution in [3.63, 3.8) is 0 Å². The summed E-state index contributed by atoms with van der Waals surface area (Å²) in [5, 5.41) is 10.4. The van der Waals surface area contributed by atoms with E-state index in [0.717, 1.165) is 6.20 Å². The molecule has 3 heteroatoms. The molecule has 0 aliphatic rings. The molecule has 0 aromatic rings. The van der Waals surface area contributed by atoms with Crippen molar-refractivity contribution in [2.75, 3.05) is 0 Å². The second-order valence-corrected chi connectivity index (χ2v) is 0.876. The lowest BCUT2D eigenvalue weighted by Crippen LogP contribution is -1.62. The third-order valence-corrected chi connectivity index (χ3v) is 0.240. The molecule has 0 amide bonds. The molecule has 0 saturated carbocycles. The molecule has 0 fully saturated rings. The zero-order chi connectivity index (χ0) is 4.99. The number of nitrogens with zero attached hydrogens (tertiary/aromatic N) is 1. The third kappa shape index (κ3) is 3.14. The first-order chi connectivity index (χ1) is 2.77. The van der Waals surface area contributed by atoms with Crippen molar-refractivity contribution in [2.45, 2.75) is 6.92 Å². The van der Waals surface area contributed by atoms with Gasteiger partial charge in [0.15, 0.2) is 0 Å². The molecule has 0 aromatic heterocycles. The summed E-state index contributed by atoms with van der Waals surface area (Å²) >= 11 is 0. The lowest BCUT2D eigenvalue weighted by Gasteiger charge is -1.73. The van der Waals surface area contributed by atoms with E-state index in [9.17, 15) is 0 Å². The van der Waals surface area contributed by atoms with Gasteiger partial charge in [0, 0.05) is 0 Å². The van der Waals surface area contributed by atoms with Crippen molar-refractivity contribution in [3.8, 4) is 0 Å². The fourth-order valence-corrected chi connectivity index (χ4v) is 0.0763. The Morgan fingerprint density at radius 2 is 2.50 bits per heavy atom. The van der Waals surface area contributed by atoms with Crippen LogP contribution in [0, 0.1) is 4.91 Å². The van der Waals surface area contributed by atoms with Crippen molar-refractivity contribution < 1.29 is 5.11 Å². The standard InChI is InChI=1S/C3H5NO2/c1-3(5)2-4-6/h2,5H,1H3/b3-2-. The van der Waals surface area contributed by atoms with Crippen LogP contribution in [0.15, 0.2) is 17.1 Å². The molecule has 0 aliphatic carbocycles. The number of hydrogen-bond acceptors (Lipinski definition) is 3. The fraction of sp³-hybridized carbons (Fsp3) is 0.333. The second kappa shape index (κ2) is 2.38. The van der Waals surface area contributed by atoms with Crippen LogP contribution in [-0.2, 0) is 0 Å². The summed E-state index contributed by atoms with van der Waals surface area (Å²) in [6, 6.07) is 0. The van der Waals surface area contributed by atoms with Crippen LogP contribution in [0.5, 0.6) is 0 Å². The first-order valence-corrected chi connectivity index (χ1v) is 1.45. The molecule has 1 N–H and O–H groups in total. The lowest BCUT2D eigenvalue weighted by molar-refractivity contribution is 0.412. The maximum absolute atomic E-state index is 9.13. The largest absolute Gasteiger partial charge is 0.511 e. The molecular formula is C3H5NO2. The predicted molar refractivity (Wildman–Crippen MR) is 22.2 cm³/mol. The first kappa shape index (κ1) is 5.14. The van der Waals surface area contributed by atoms with Gasteiger partial charge < -0.3 is 5.11 Å². The van der Waals surface area contributed by atoms with E-state index < -0.39 is 0 Å². The van der Waals surface area contributed by atoms with E-state index in [2.05, 4.69) is 5.18 Å². The van der Waals surface area contributed by atoms with Crippen LogP contribution in [0.2, 0.25) is 0 Å². The van der Waals surface area contributed by atoms with Crippen LogP contribution < -0.4 is 0 Å². The summed E-state index contributed by atoms with van der Waals surface area (Å²) in [6.07, 6.45) is 0.833. The van der Waals surface area contributed by atoms with Crippen molar-refractivity contribution in [1.82, 2.24) is 0 Å². The normalized spacial score (nSPS) is 11.2. The van der Waals surface area contributed by atoms with Crippen LogP contribution in [0.1, 0.15) is 6.92 Å². The average molecular weight is 87.1 g/mol. The van der Waals surface area contributed by atoms with Gasteiger partial charge in [-0.1, -0.05) is 0 Å². The van der Waals surface area contributed by atoms with E-state index >= 15 is 0 Å². The Hall–Kier alpha value is -0.860. The van der Waals surface area contributed by atoms with E-state index in [4.69, 9.17) is 10.0 Å². The highest BCUT2D eigenvalue weighted by Gasteiger charge is 1.70. The van der Waals surface area contributed by atoms with Gasteiger partial charge in [-0.3, -0.25) is 0 Å². The monoisotopic (exact) mass is 87.0 g/mol. The summed E-state index contributed by atoms with van der Waals surface area (Å²) in [4.78, 5) is 9.13. The molecule has 0 radical (unpaired) electrons. The molecule has 34 valence electrons. The first-order valence-electron chi connectivity index (χ1n) is 1.45. The Labute approximate surface area is 35.3 Å².